The average Bonchev–Trinajstić information content (AvgIpc) is 1.82. The molecule has 0 amide bonds. The van der Waals surface area contributed by atoms with Crippen molar-refractivity contribution in [3.8, 4) is 0 Å². The van der Waals surface area contributed by atoms with Gasteiger partial charge in [-0.25, -0.2) is 0 Å². The molecule has 1 heteroatoms. The Kier molecular flexibility index (Phi) is 4.78. The summed E-state index contributed by atoms with van der Waals surface area (Å²) in [6, 6.07) is 0. The summed E-state index contributed by atoms with van der Waals surface area (Å²) in [4.78, 5) is 0. The normalized spacial score (nSPS) is 14.3. The van der Waals surface area contributed by atoms with E-state index in [0.29, 0.717) is 0 Å². The highest BCUT2D eigenvalue weighted by atomic mass is 16.3. The highest BCUT2D eigenvalue weighted by Crippen LogP contribution is 2.13. The molecule has 56 valence electrons. The SMILES string of the molecule is CCC(CC)C[C@H](C)O. The van der Waals surface area contributed by atoms with E-state index in [0.717, 1.165) is 12.3 Å². The molecule has 0 aromatic rings. The van der Waals surface area contributed by atoms with Crippen LogP contribution < -0.4 is 0 Å². The maximum absolute atomic E-state index is 8.98. The number of rotatable bonds is 4. The first-order chi connectivity index (χ1) is 4.20. The van der Waals surface area contributed by atoms with Gasteiger partial charge < -0.3 is 5.11 Å². The summed E-state index contributed by atoms with van der Waals surface area (Å²) in [6.45, 7) is 6.21. The molecule has 9 heavy (non-hydrogen) atoms. The number of aliphatic hydroxyl groups is 1. The summed E-state index contributed by atoms with van der Waals surface area (Å²) in [5.74, 6) is 0.727. The maximum atomic E-state index is 8.98. The van der Waals surface area contributed by atoms with Gasteiger partial charge in [0.05, 0.1) is 6.10 Å². The summed E-state index contributed by atoms with van der Waals surface area (Å²) in [7, 11) is 0. The molecule has 1 atom stereocenters. The largest absolute Gasteiger partial charge is 0.393 e. The first-order valence-electron chi connectivity index (χ1n) is 3.88. The van der Waals surface area contributed by atoms with Gasteiger partial charge in [-0.2, -0.15) is 0 Å². The third-order valence-electron chi connectivity index (χ3n) is 1.83. The van der Waals surface area contributed by atoms with Gasteiger partial charge in [-0.1, -0.05) is 26.7 Å². The standard InChI is InChI=1S/C8H18O/c1-4-8(5-2)6-7(3)9/h7-9H,4-6H2,1-3H3/t7-/m0/s1. The van der Waals surface area contributed by atoms with E-state index in [9.17, 15) is 0 Å². The lowest BCUT2D eigenvalue weighted by Gasteiger charge is -2.12. The van der Waals surface area contributed by atoms with Gasteiger partial charge in [-0.15, -0.1) is 0 Å². The van der Waals surface area contributed by atoms with Gasteiger partial charge in [0, 0.05) is 0 Å². The Morgan fingerprint density at radius 3 is 1.78 bits per heavy atom. The van der Waals surface area contributed by atoms with Crippen molar-refractivity contribution in [2.24, 2.45) is 5.92 Å². The summed E-state index contributed by atoms with van der Waals surface area (Å²) in [6.07, 6.45) is 3.24. The lowest BCUT2D eigenvalue weighted by atomic mass is 9.97. The van der Waals surface area contributed by atoms with E-state index in [-0.39, 0.29) is 6.10 Å². The Hall–Kier alpha value is -0.0400. The van der Waals surface area contributed by atoms with Crippen LogP contribution in [-0.2, 0) is 0 Å². The Morgan fingerprint density at radius 2 is 1.67 bits per heavy atom. The monoisotopic (exact) mass is 130 g/mol. The van der Waals surface area contributed by atoms with Crippen molar-refractivity contribution >= 4 is 0 Å². The quantitative estimate of drug-likeness (QED) is 0.618. The minimum atomic E-state index is -0.116. The molecule has 0 bridgehead atoms. The van der Waals surface area contributed by atoms with Crippen molar-refractivity contribution < 1.29 is 5.11 Å². The van der Waals surface area contributed by atoms with Gasteiger partial charge in [0.25, 0.3) is 0 Å². The second kappa shape index (κ2) is 4.80. The van der Waals surface area contributed by atoms with Gasteiger partial charge in [0.2, 0.25) is 0 Å². The molecule has 1 N–H and O–H groups in total. The summed E-state index contributed by atoms with van der Waals surface area (Å²) in [5, 5.41) is 8.98. The van der Waals surface area contributed by atoms with E-state index in [1.807, 2.05) is 6.92 Å². The minimum Gasteiger partial charge on any atom is -0.393 e. The van der Waals surface area contributed by atoms with Crippen LogP contribution in [0.4, 0.5) is 0 Å². The average molecular weight is 130 g/mol. The van der Waals surface area contributed by atoms with Gasteiger partial charge in [0.15, 0.2) is 0 Å². The van der Waals surface area contributed by atoms with E-state index < -0.39 is 0 Å². The molecule has 0 heterocycles. The first-order valence-corrected chi connectivity index (χ1v) is 3.88. The van der Waals surface area contributed by atoms with E-state index in [4.69, 9.17) is 5.11 Å². The third-order valence-corrected chi connectivity index (χ3v) is 1.83. The van der Waals surface area contributed by atoms with E-state index in [1.165, 1.54) is 12.8 Å². The van der Waals surface area contributed by atoms with Crippen LogP contribution in [0.25, 0.3) is 0 Å². The summed E-state index contributed by atoms with van der Waals surface area (Å²) in [5.41, 5.74) is 0. The fourth-order valence-corrected chi connectivity index (χ4v) is 1.10. The van der Waals surface area contributed by atoms with Gasteiger partial charge in [-0.3, -0.25) is 0 Å². The minimum absolute atomic E-state index is 0.116. The number of hydrogen-bond donors (Lipinski definition) is 1. The zero-order valence-electron chi connectivity index (χ0n) is 6.72. The third kappa shape index (κ3) is 4.46. The molecular formula is C8H18O. The van der Waals surface area contributed by atoms with Gasteiger partial charge in [0.1, 0.15) is 0 Å². The fraction of sp³-hybridized carbons (Fsp3) is 1.00. The van der Waals surface area contributed by atoms with E-state index in [1.54, 1.807) is 0 Å². The van der Waals surface area contributed by atoms with E-state index in [2.05, 4.69) is 13.8 Å². The molecule has 0 aliphatic rings. The highest BCUT2D eigenvalue weighted by molar-refractivity contribution is 4.57. The zero-order chi connectivity index (χ0) is 7.28. The first kappa shape index (κ1) is 8.96. The molecule has 1 nitrogen and oxygen atoms in total. The van der Waals surface area contributed by atoms with Crippen molar-refractivity contribution in [3.63, 3.8) is 0 Å². The lowest BCUT2D eigenvalue weighted by Crippen LogP contribution is -2.07. The molecule has 0 aliphatic heterocycles. The van der Waals surface area contributed by atoms with Crippen LogP contribution in [0.5, 0.6) is 0 Å². The Balaban J connectivity index is 3.31. The highest BCUT2D eigenvalue weighted by Gasteiger charge is 2.05. The number of hydrogen-bond acceptors (Lipinski definition) is 1. The van der Waals surface area contributed by atoms with Crippen LogP contribution in [0.3, 0.4) is 0 Å². The molecule has 0 radical (unpaired) electrons. The topological polar surface area (TPSA) is 20.2 Å². The van der Waals surface area contributed by atoms with Crippen molar-refractivity contribution in [1.82, 2.24) is 0 Å². The predicted octanol–water partition coefficient (Wildman–Crippen LogP) is 2.19. The predicted molar refractivity (Wildman–Crippen MR) is 40.4 cm³/mol. The summed E-state index contributed by atoms with van der Waals surface area (Å²) < 4.78 is 0. The van der Waals surface area contributed by atoms with Crippen molar-refractivity contribution in [2.75, 3.05) is 0 Å². The molecule has 0 aromatic carbocycles. The van der Waals surface area contributed by atoms with Crippen LogP contribution in [0.2, 0.25) is 0 Å². The number of aliphatic hydroxyl groups excluding tert-OH is 1. The lowest BCUT2D eigenvalue weighted by molar-refractivity contribution is 0.157. The molecule has 0 spiro atoms. The Labute approximate surface area is 58.1 Å². The van der Waals surface area contributed by atoms with Crippen LogP contribution in [0.1, 0.15) is 40.0 Å². The van der Waals surface area contributed by atoms with Crippen molar-refractivity contribution in [3.05, 3.63) is 0 Å². The van der Waals surface area contributed by atoms with Crippen LogP contribution in [-0.4, -0.2) is 11.2 Å². The second-order valence-corrected chi connectivity index (χ2v) is 2.77. The molecule has 0 aromatic heterocycles. The fourth-order valence-electron chi connectivity index (χ4n) is 1.10. The van der Waals surface area contributed by atoms with Crippen molar-refractivity contribution in [2.45, 2.75) is 46.1 Å². The van der Waals surface area contributed by atoms with Gasteiger partial charge in [-0.05, 0) is 19.3 Å². The van der Waals surface area contributed by atoms with E-state index >= 15 is 0 Å². The van der Waals surface area contributed by atoms with Crippen LogP contribution >= 0.6 is 0 Å². The second-order valence-electron chi connectivity index (χ2n) is 2.77. The molecule has 0 saturated heterocycles. The summed E-state index contributed by atoms with van der Waals surface area (Å²) >= 11 is 0. The molecule has 0 fully saturated rings. The maximum Gasteiger partial charge on any atom is 0.0514 e. The van der Waals surface area contributed by atoms with Crippen LogP contribution in [0, 0.1) is 5.92 Å². The molecule has 0 rings (SSSR count). The molecule has 0 unspecified atom stereocenters. The smallest absolute Gasteiger partial charge is 0.0514 e. The van der Waals surface area contributed by atoms with Crippen LogP contribution in [0.15, 0.2) is 0 Å². The Bertz CT molecular complexity index is 55.6. The molecule has 0 aliphatic carbocycles. The molecule has 0 saturated carbocycles. The Morgan fingerprint density at radius 1 is 1.22 bits per heavy atom. The van der Waals surface area contributed by atoms with Gasteiger partial charge >= 0.3 is 0 Å². The zero-order valence-corrected chi connectivity index (χ0v) is 6.72. The molecular weight excluding hydrogens is 112 g/mol. The van der Waals surface area contributed by atoms with Crippen molar-refractivity contribution in [1.29, 1.82) is 0 Å².